The van der Waals surface area contributed by atoms with Crippen molar-refractivity contribution in [3.05, 3.63) is 35.4 Å². The molecule has 1 amide bonds. The number of carbonyl (C=O) groups is 1. The van der Waals surface area contributed by atoms with E-state index in [9.17, 15) is 13.6 Å². The zero-order chi connectivity index (χ0) is 19.7. The molecule has 0 atom stereocenters. The molecule has 1 N–H and O–H groups in total. The lowest BCUT2D eigenvalue weighted by Crippen LogP contribution is -2.23. The molecule has 3 heterocycles. The number of nitrogens with zero attached hydrogens (tertiary/aromatic N) is 4. The van der Waals surface area contributed by atoms with Crippen LogP contribution in [0.4, 0.5) is 26.1 Å². The van der Waals surface area contributed by atoms with Crippen molar-refractivity contribution in [1.29, 1.82) is 0 Å². The van der Waals surface area contributed by atoms with Gasteiger partial charge in [-0.1, -0.05) is 0 Å². The Hall–Kier alpha value is -2.64. The number of aromatic nitrogens is 3. The van der Waals surface area contributed by atoms with Crippen LogP contribution in [0.1, 0.15) is 62.5 Å². The summed E-state index contributed by atoms with van der Waals surface area (Å²) in [6, 6.07) is 3.66. The summed E-state index contributed by atoms with van der Waals surface area (Å²) < 4.78 is 28.1. The Morgan fingerprint density at radius 3 is 2.64 bits per heavy atom. The van der Waals surface area contributed by atoms with Crippen molar-refractivity contribution < 1.29 is 13.6 Å². The Bertz CT molecular complexity index is 979. The number of rotatable bonds is 4. The number of nitrogens with one attached hydrogen (secondary N) is 1. The highest BCUT2D eigenvalue weighted by atomic mass is 19.3. The third-order valence-corrected chi connectivity index (χ3v) is 5.76. The summed E-state index contributed by atoms with van der Waals surface area (Å²) in [7, 11) is 0. The maximum atomic E-state index is 14.1. The summed E-state index contributed by atoms with van der Waals surface area (Å²) in [5, 5.41) is 2.70. The van der Waals surface area contributed by atoms with E-state index in [1.165, 1.54) is 6.92 Å². The first kappa shape index (κ1) is 17.5. The van der Waals surface area contributed by atoms with Crippen LogP contribution < -0.4 is 10.2 Å². The third-order valence-electron chi connectivity index (χ3n) is 5.76. The predicted molar refractivity (Wildman–Crippen MR) is 100 cm³/mol. The van der Waals surface area contributed by atoms with Gasteiger partial charge in [0.1, 0.15) is 11.6 Å². The number of fused-ring (bicyclic) bond motifs is 2. The summed E-state index contributed by atoms with van der Waals surface area (Å²) in [6.07, 6.45) is 5.82. The van der Waals surface area contributed by atoms with E-state index in [0.29, 0.717) is 23.9 Å². The minimum atomic E-state index is -3.10. The summed E-state index contributed by atoms with van der Waals surface area (Å²) in [6.45, 7) is 2.95. The molecule has 0 aromatic carbocycles. The van der Waals surface area contributed by atoms with Gasteiger partial charge in [0.15, 0.2) is 0 Å². The molecule has 28 heavy (non-hydrogen) atoms. The number of hydrogen-bond acceptors (Lipinski definition) is 5. The first-order valence-corrected chi connectivity index (χ1v) is 9.58. The Balaban J connectivity index is 1.61. The van der Waals surface area contributed by atoms with Gasteiger partial charge in [-0.05, 0) is 25.7 Å². The lowest BCUT2D eigenvalue weighted by Gasteiger charge is -2.22. The lowest BCUT2D eigenvalue weighted by atomic mass is 10.0. The molecule has 0 unspecified atom stereocenters. The molecule has 2 aromatic rings. The van der Waals surface area contributed by atoms with Gasteiger partial charge < -0.3 is 10.2 Å². The molecule has 0 radical (unpaired) electrons. The van der Waals surface area contributed by atoms with Gasteiger partial charge in [0.05, 0.1) is 5.69 Å². The van der Waals surface area contributed by atoms with Gasteiger partial charge in [-0.15, -0.1) is 0 Å². The zero-order valence-electron chi connectivity index (χ0n) is 15.8. The second-order valence-electron chi connectivity index (χ2n) is 8.27. The maximum Gasteiger partial charge on any atom is 0.303 e. The van der Waals surface area contributed by atoms with E-state index in [1.54, 1.807) is 6.20 Å². The van der Waals surface area contributed by atoms with E-state index < -0.39 is 11.7 Å². The van der Waals surface area contributed by atoms with E-state index in [-0.39, 0.29) is 17.2 Å². The number of halogens is 2. The van der Waals surface area contributed by atoms with E-state index in [4.69, 9.17) is 0 Å². The Labute approximate surface area is 161 Å². The van der Waals surface area contributed by atoms with Crippen LogP contribution >= 0.6 is 0 Å². The second-order valence-corrected chi connectivity index (χ2v) is 8.27. The molecule has 0 bridgehead atoms. The molecule has 2 fully saturated rings. The summed E-state index contributed by atoms with van der Waals surface area (Å²) in [5.41, 5.74) is 2.67. The third kappa shape index (κ3) is 2.91. The maximum absolute atomic E-state index is 14.1. The van der Waals surface area contributed by atoms with Crippen LogP contribution in [0, 0.1) is 0 Å². The molecule has 1 aliphatic heterocycles. The van der Waals surface area contributed by atoms with Crippen molar-refractivity contribution in [2.24, 2.45) is 0 Å². The van der Waals surface area contributed by atoms with Gasteiger partial charge in [0, 0.05) is 61.3 Å². The van der Waals surface area contributed by atoms with Gasteiger partial charge in [0.2, 0.25) is 11.7 Å². The molecular weight excluding hydrogens is 364 g/mol. The van der Waals surface area contributed by atoms with Gasteiger partial charge in [-0.3, -0.25) is 4.79 Å². The van der Waals surface area contributed by atoms with Crippen LogP contribution in [0.15, 0.2) is 18.3 Å². The van der Waals surface area contributed by atoms with Crippen LogP contribution in [0.5, 0.6) is 0 Å². The highest BCUT2D eigenvalue weighted by molar-refractivity contribution is 5.89. The van der Waals surface area contributed by atoms with E-state index in [1.807, 2.05) is 17.0 Å². The van der Waals surface area contributed by atoms with Crippen molar-refractivity contribution >= 4 is 23.2 Å². The van der Waals surface area contributed by atoms with Gasteiger partial charge in [0.25, 0.3) is 0 Å². The number of pyridine rings is 1. The molecule has 6 nitrogen and oxygen atoms in total. The summed E-state index contributed by atoms with van der Waals surface area (Å²) in [4.78, 5) is 26.1. The molecule has 3 aliphatic rings. The number of amides is 1. The van der Waals surface area contributed by atoms with E-state index in [2.05, 4.69) is 20.3 Å². The number of hydrogen-bond donors (Lipinski definition) is 1. The summed E-state index contributed by atoms with van der Waals surface area (Å²) in [5.74, 6) is -2.54. The average molecular weight is 385 g/mol. The summed E-state index contributed by atoms with van der Waals surface area (Å²) >= 11 is 0. The highest BCUT2D eigenvalue weighted by Crippen LogP contribution is 2.58. The zero-order valence-corrected chi connectivity index (χ0v) is 15.8. The smallest absolute Gasteiger partial charge is 0.303 e. The van der Waals surface area contributed by atoms with Gasteiger partial charge in [-0.25, -0.2) is 15.0 Å². The van der Waals surface area contributed by atoms with Crippen molar-refractivity contribution in [3.8, 4) is 0 Å². The molecular formula is C20H21F2N5O. The molecule has 2 aromatic heterocycles. The molecule has 5 rings (SSSR count). The van der Waals surface area contributed by atoms with Gasteiger partial charge in [-0.2, -0.15) is 8.78 Å². The number of anilines is 3. The van der Waals surface area contributed by atoms with Crippen molar-refractivity contribution in [2.45, 2.75) is 56.8 Å². The molecule has 146 valence electrons. The minimum Gasteiger partial charge on any atom is -0.325 e. The Kier molecular flexibility index (Phi) is 3.54. The fourth-order valence-corrected chi connectivity index (χ4v) is 3.96. The normalized spacial score (nSPS) is 19.6. The quantitative estimate of drug-likeness (QED) is 0.861. The average Bonchev–Trinajstić information content (AvgIpc) is 3.52. The van der Waals surface area contributed by atoms with Crippen LogP contribution in [-0.2, 0) is 16.1 Å². The van der Waals surface area contributed by atoms with Crippen molar-refractivity contribution in [1.82, 2.24) is 15.0 Å². The highest BCUT2D eigenvalue weighted by Gasteiger charge is 2.53. The predicted octanol–water partition coefficient (Wildman–Crippen LogP) is 4.00. The van der Waals surface area contributed by atoms with Crippen molar-refractivity contribution in [2.75, 3.05) is 16.8 Å². The van der Waals surface area contributed by atoms with E-state index >= 15 is 0 Å². The Morgan fingerprint density at radius 1 is 1.29 bits per heavy atom. The van der Waals surface area contributed by atoms with Crippen LogP contribution in [0.25, 0.3) is 0 Å². The second kappa shape index (κ2) is 5.68. The standard InChI is InChI=1S/C20H21F2N5O/c1-11(28)24-16-8-15-13(9-23-16)20(5-6-20)10-27(15)17-7-14(12-3-4-12)25-18(26-17)19(2,21)22/h7-9,12H,3-6,10H2,1-2H3,(H,23,24,28). The largest absolute Gasteiger partial charge is 0.325 e. The molecule has 8 heteroatoms. The molecule has 2 aliphatic carbocycles. The van der Waals surface area contributed by atoms with Crippen LogP contribution in [0.2, 0.25) is 0 Å². The molecule has 2 saturated carbocycles. The topological polar surface area (TPSA) is 71.0 Å². The van der Waals surface area contributed by atoms with E-state index in [0.717, 1.165) is 43.9 Å². The SMILES string of the molecule is CC(=O)Nc1cc2c(cn1)C1(CC1)CN2c1cc(C2CC2)nc(C(C)(F)F)n1. The molecule has 1 spiro atoms. The van der Waals surface area contributed by atoms with Gasteiger partial charge >= 0.3 is 5.92 Å². The molecule has 0 saturated heterocycles. The van der Waals surface area contributed by atoms with Crippen molar-refractivity contribution in [3.63, 3.8) is 0 Å². The van der Waals surface area contributed by atoms with Crippen LogP contribution in [0.3, 0.4) is 0 Å². The first-order chi connectivity index (χ1) is 13.2. The monoisotopic (exact) mass is 385 g/mol. The first-order valence-electron chi connectivity index (χ1n) is 9.58. The van der Waals surface area contributed by atoms with Crippen LogP contribution in [-0.4, -0.2) is 27.4 Å². The lowest BCUT2D eigenvalue weighted by molar-refractivity contribution is -0.114. The minimum absolute atomic E-state index is 0.0106. The number of alkyl halides is 2. The number of carbonyl (C=O) groups excluding carboxylic acids is 1. The fraction of sp³-hybridized carbons (Fsp3) is 0.500. The fourth-order valence-electron chi connectivity index (χ4n) is 3.96. The Morgan fingerprint density at radius 2 is 2.04 bits per heavy atom.